The molecule has 2 rings (SSSR count). The van der Waals surface area contributed by atoms with Crippen LogP contribution in [0.3, 0.4) is 0 Å². The molecule has 118 valence electrons. The lowest BCUT2D eigenvalue weighted by Gasteiger charge is -2.23. The molecule has 0 radical (unpaired) electrons. The first kappa shape index (κ1) is 16.4. The molecule has 0 saturated carbocycles. The molecule has 0 saturated heterocycles. The highest BCUT2D eigenvalue weighted by atomic mass is 16.5. The monoisotopic (exact) mass is 298 g/mol. The van der Waals surface area contributed by atoms with E-state index in [1.165, 1.54) is 11.1 Å². The Bertz CT molecular complexity index is 557. The van der Waals surface area contributed by atoms with E-state index >= 15 is 0 Å². The van der Waals surface area contributed by atoms with Gasteiger partial charge < -0.3 is 9.47 Å². The van der Waals surface area contributed by atoms with Crippen molar-refractivity contribution in [3.63, 3.8) is 0 Å². The summed E-state index contributed by atoms with van der Waals surface area (Å²) in [6.45, 7) is 4.60. The van der Waals surface area contributed by atoms with Crippen molar-refractivity contribution in [3.8, 4) is 11.5 Å². The predicted molar refractivity (Wildman–Crippen MR) is 91.9 cm³/mol. The van der Waals surface area contributed by atoms with Crippen molar-refractivity contribution >= 4 is 0 Å². The second-order valence-corrected chi connectivity index (χ2v) is 5.82. The number of methoxy groups -OCH3 is 2. The Kier molecular flexibility index (Phi) is 5.88. The fourth-order valence-corrected chi connectivity index (χ4v) is 3.09. The predicted octanol–water partition coefficient (Wildman–Crippen LogP) is 5.08. The van der Waals surface area contributed by atoms with Gasteiger partial charge in [-0.1, -0.05) is 38.1 Å². The van der Waals surface area contributed by atoms with Crippen molar-refractivity contribution in [2.24, 2.45) is 5.92 Å². The average Bonchev–Trinajstić information content (AvgIpc) is 2.57. The van der Waals surface area contributed by atoms with Crippen molar-refractivity contribution in [2.45, 2.75) is 32.6 Å². The molecule has 0 amide bonds. The lowest BCUT2D eigenvalue weighted by atomic mass is 9.82. The van der Waals surface area contributed by atoms with Gasteiger partial charge in [-0.15, -0.1) is 0 Å². The van der Waals surface area contributed by atoms with Crippen LogP contribution in [0.4, 0.5) is 0 Å². The summed E-state index contributed by atoms with van der Waals surface area (Å²) < 4.78 is 10.5. The van der Waals surface area contributed by atoms with E-state index in [1.807, 2.05) is 12.1 Å². The first-order chi connectivity index (χ1) is 10.7. The van der Waals surface area contributed by atoms with Gasteiger partial charge in [-0.05, 0) is 60.1 Å². The van der Waals surface area contributed by atoms with Crippen LogP contribution in [0.25, 0.3) is 0 Å². The topological polar surface area (TPSA) is 18.5 Å². The third-order valence-electron chi connectivity index (χ3n) is 4.39. The van der Waals surface area contributed by atoms with E-state index in [9.17, 15) is 0 Å². The average molecular weight is 298 g/mol. The van der Waals surface area contributed by atoms with Crippen LogP contribution in [0.1, 0.15) is 37.3 Å². The Hall–Kier alpha value is -1.96. The minimum atomic E-state index is 0.563. The molecule has 0 fully saturated rings. The maximum absolute atomic E-state index is 5.25. The Balaban J connectivity index is 2.08. The molecule has 0 heterocycles. The number of ether oxygens (including phenoxy) is 2. The molecule has 0 bridgehead atoms. The van der Waals surface area contributed by atoms with Crippen LogP contribution in [0, 0.1) is 5.92 Å². The molecule has 2 nitrogen and oxygen atoms in total. The molecule has 0 aliphatic heterocycles. The minimum Gasteiger partial charge on any atom is -0.497 e. The summed E-state index contributed by atoms with van der Waals surface area (Å²) in [5.41, 5.74) is 2.75. The number of hydrogen-bond donors (Lipinski definition) is 0. The summed E-state index contributed by atoms with van der Waals surface area (Å²) >= 11 is 0. The van der Waals surface area contributed by atoms with E-state index in [0.29, 0.717) is 11.8 Å². The SMILES string of the molecule is CCC(c1ccc(OC)cc1)C(C)Cc1ccc(OC)cc1. The second-order valence-electron chi connectivity index (χ2n) is 5.82. The fraction of sp³-hybridized carbons (Fsp3) is 0.400. The first-order valence-corrected chi connectivity index (χ1v) is 7.94. The van der Waals surface area contributed by atoms with Crippen molar-refractivity contribution < 1.29 is 9.47 Å². The van der Waals surface area contributed by atoms with E-state index in [-0.39, 0.29) is 0 Å². The molecule has 2 aromatic carbocycles. The fourth-order valence-electron chi connectivity index (χ4n) is 3.09. The van der Waals surface area contributed by atoms with Crippen LogP contribution in [0.15, 0.2) is 48.5 Å². The summed E-state index contributed by atoms with van der Waals surface area (Å²) in [6, 6.07) is 16.9. The van der Waals surface area contributed by atoms with Crippen molar-refractivity contribution in [1.29, 1.82) is 0 Å². The van der Waals surface area contributed by atoms with Gasteiger partial charge in [-0.25, -0.2) is 0 Å². The Morgan fingerprint density at radius 2 is 1.32 bits per heavy atom. The summed E-state index contributed by atoms with van der Waals surface area (Å²) in [4.78, 5) is 0. The molecule has 0 N–H and O–H groups in total. The van der Waals surface area contributed by atoms with Crippen molar-refractivity contribution in [2.75, 3.05) is 14.2 Å². The van der Waals surface area contributed by atoms with Crippen molar-refractivity contribution in [3.05, 3.63) is 59.7 Å². The minimum absolute atomic E-state index is 0.563. The zero-order chi connectivity index (χ0) is 15.9. The Morgan fingerprint density at radius 1 is 0.818 bits per heavy atom. The lowest BCUT2D eigenvalue weighted by Crippen LogP contribution is -2.12. The zero-order valence-corrected chi connectivity index (χ0v) is 14.0. The van der Waals surface area contributed by atoms with Crippen LogP contribution < -0.4 is 9.47 Å². The molecule has 0 spiro atoms. The molecule has 22 heavy (non-hydrogen) atoms. The van der Waals surface area contributed by atoms with Gasteiger partial charge in [0.15, 0.2) is 0 Å². The number of benzene rings is 2. The number of rotatable bonds is 7. The molecular formula is C20H26O2. The largest absolute Gasteiger partial charge is 0.497 e. The van der Waals surface area contributed by atoms with Gasteiger partial charge in [0, 0.05) is 0 Å². The normalized spacial score (nSPS) is 13.5. The third kappa shape index (κ3) is 4.03. The highest BCUT2D eigenvalue weighted by Crippen LogP contribution is 2.31. The molecule has 2 unspecified atom stereocenters. The van der Waals surface area contributed by atoms with E-state index in [1.54, 1.807) is 14.2 Å². The van der Waals surface area contributed by atoms with Gasteiger partial charge >= 0.3 is 0 Å². The Labute approximate surface area is 134 Å². The molecule has 2 aromatic rings. The smallest absolute Gasteiger partial charge is 0.118 e. The van der Waals surface area contributed by atoms with Crippen LogP contribution in [-0.2, 0) is 6.42 Å². The molecule has 0 aromatic heterocycles. The van der Waals surface area contributed by atoms with Crippen LogP contribution in [-0.4, -0.2) is 14.2 Å². The summed E-state index contributed by atoms with van der Waals surface area (Å²) in [7, 11) is 3.41. The van der Waals surface area contributed by atoms with E-state index in [0.717, 1.165) is 24.3 Å². The van der Waals surface area contributed by atoms with Gasteiger partial charge in [-0.3, -0.25) is 0 Å². The van der Waals surface area contributed by atoms with E-state index < -0.39 is 0 Å². The maximum Gasteiger partial charge on any atom is 0.118 e. The van der Waals surface area contributed by atoms with Crippen LogP contribution in [0.5, 0.6) is 11.5 Å². The second kappa shape index (κ2) is 7.88. The van der Waals surface area contributed by atoms with Gasteiger partial charge in [0.25, 0.3) is 0 Å². The third-order valence-corrected chi connectivity index (χ3v) is 4.39. The lowest BCUT2D eigenvalue weighted by molar-refractivity contribution is 0.412. The zero-order valence-electron chi connectivity index (χ0n) is 14.0. The highest BCUT2D eigenvalue weighted by Gasteiger charge is 2.18. The van der Waals surface area contributed by atoms with Gasteiger partial charge in [0.2, 0.25) is 0 Å². The van der Waals surface area contributed by atoms with Crippen LogP contribution >= 0.6 is 0 Å². The maximum atomic E-state index is 5.25. The summed E-state index contributed by atoms with van der Waals surface area (Å²) in [6.07, 6.45) is 2.22. The molecule has 2 atom stereocenters. The van der Waals surface area contributed by atoms with Crippen LogP contribution in [0.2, 0.25) is 0 Å². The Morgan fingerprint density at radius 3 is 1.77 bits per heavy atom. The van der Waals surface area contributed by atoms with E-state index in [2.05, 4.69) is 50.2 Å². The van der Waals surface area contributed by atoms with Gasteiger partial charge in [-0.2, -0.15) is 0 Å². The molecule has 2 heteroatoms. The first-order valence-electron chi connectivity index (χ1n) is 7.94. The summed E-state index contributed by atoms with van der Waals surface area (Å²) in [5, 5.41) is 0. The molecule has 0 aliphatic rings. The van der Waals surface area contributed by atoms with E-state index in [4.69, 9.17) is 9.47 Å². The number of hydrogen-bond acceptors (Lipinski definition) is 2. The van der Waals surface area contributed by atoms with Crippen molar-refractivity contribution in [1.82, 2.24) is 0 Å². The molecule has 0 aliphatic carbocycles. The quantitative estimate of drug-likeness (QED) is 0.710. The summed E-state index contributed by atoms with van der Waals surface area (Å²) in [5.74, 6) is 2.99. The highest BCUT2D eigenvalue weighted by molar-refractivity contribution is 5.31. The molecular weight excluding hydrogens is 272 g/mol. The standard InChI is InChI=1S/C20H26O2/c1-5-20(17-8-12-19(22-4)13-9-17)15(2)14-16-6-10-18(21-3)11-7-16/h6-13,15,20H,5,14H2,1-4H3. The van der Waals surface area contributed by atoms with Gasteiger partial charge in [0.05, 0.1) is 14.2 Å². The van der Waals surface area contributed by atoms with Gasteiger partial charge in [0.1, 0.15) is 11.5 Å².